The maximum Gasteiger partial charge on any atom is 0.0635 e. The first kappa shape index (κ1) is 14.1. The van der Waals surface area contributed by atoms with Crippen LogP contribution in [0.1, 0.15) is 63.3 Å². The van der Waals surface area contributed by atoms with E-state index in [0.29, 0.717) is 0 Å². The number of hydrazine groups is 1. The molecule has 1 unspecified atom stereocenters. The lowest BCUT2D eigenvalue weighted by Crippen LogP contribution is -2.29. The van der Waals surface area contributed by atoms with E-state index in [9.17, 15) is 0 Å². The van der Waals surface area contributed by atoms with Crippen molar-refractivity contribution in [3.63, 3.8) is 0 Å². The lowest BCUT2D eigenvalue weighted by Gasteiger charge is -2.18. The number of unbranched alkanes of at least 4 members (excludes halogenated alkanes) is 3. The van der Waals surface area contributed by atoms with Crippen LogP contribution in [0.15, 0.2) is 18.3 Å². The van der Waals surface area contributed by atoms with Crippen LogP contribution >= 0.6 is 0 Å². The van der Waals surface area contributed by atoms with Crippen LogP contribution in [0.25, 0.3) is 0 Å². The molecule has 0 spiro atoms. The second-order valence-electron chi connectivity index (χ2n) is 4.47. The van der Waals surface area contributed by atoms with Gasteiger partial charge < -0.3 is 0 Å². The number of nitrogens with zero attached hydrogens (tertiary/aromatic N) is 1. The minimum atomic E-state index is 0.197. The summed E-state index contributed by atoms with van der Waals surface area (Å²) in [5, 5.41) is 0. The van der Waals surface area contributed by atoms with Crippen molar-refractivity contribution in [1.82, 2.24) is 10.4 Å². The molecule has 3 nitrogen and oxygen atoms in total. The van der Waals surface area contributed by atoms with Gasteiger partial charge in [0.05, 0.1) is 11.7 Å². The average Bonchev–Trinajstić information content (AvgIpc) is 2.39. The zero-order chi connectivity index (χ0) is 12.5. The van der Waals surface area contributed by atoms with Gasteiger partial charge in [0, 0.05) is 6.20 Å². The summed E-state index contributed by atoms with van der Waals surface area (Å²) in [4.78, 5) is 4.48. The summed E-state index contributed by atoms with van der Waals surface area (Å²) in [5.41, 5.74) is 5.32. The molecule has 17 heavy (non-hydrogen) atoms. The Balaban J connectivity index is 2.59. The normalized spacial score (nSPS) is 12.6. The van der Waals surface area contributed by atoms with E-state index < -0.39 is 0 Å². The third kappa shape index (κ3) is 4.44. The molecular weight excluding hydrogens is 210 g/mol. The molecule has 0 amide bonds. The minimum absolute atomic E-state index is 0.197. The van der Waals surface area contributed by atoms with E-state index in [0.717, 1.165) is 18.5 Å². The Morgan fingerprint density at radius 3 is 2.76 bits per heavy atom. The molecule has 0 radical (unpaired) electrons. The number of nitrogens with two attached hydrogens (primary N) is 1. The molecular formula is C14H25N3. The molecule has 0 fully saturated rings. The van der Waals surface area contributed by atoms with E-state index in [2.05, 4.69) is 30.3 Å². The SMILES string of the molecule is CCCCCCC(NN)c1ncccc1CC. The Bertz CT molecular complexity index is 312. The van der Waals surface area contributed by atoms with Crippen molar-refractivity contribution >= 4 is 0 Å². The molecule has 1 atom stereocenters. The number of aryl methyl sites for hydroxylation is 1. The second kappa shape index (κ2) is 8.20. The van der Waals surface area contributed by atoms with Gasteiger partial charge in [0.25, 0.3) is 0 Å². The van der Waals surface area contributed by atoms with Crippen molar-refractivity contribution in [2.24, 2.45) is 5.84 Å². The highest BCUT2D eigenvalue weighted by molar-refractivity contribution is 5.22. The third-order valence-corrected chi connectivity index (χ3v) is 3.18. The molecule has 3 heteroatoms. The molecule has 3 N–H and O–H groups in total. The summed E-state index contributed by atoms with van der Waals surface area (Å²) in [6.07, 6.45) is 9.00. The number of aromatic nitrogens is 1. The molecule has 1 heterocycles. The molecule has 0 saturated carbocycles. The van der Waals surface area contributed by atoms with Crippen LogP contribution < -0.4 is 11.3 Å². The van der Waals surface area contributed by atoms with Crippen LogP contribution in [0, 0.1) is 0 Å². The van der Waals surface area contributed by atoms with Crippen molar-refractivity contribution in [2.75, 3.05) is 0 Å². The Morgan fingerprint density at radius 1 is 1.29 bits per heavy atom. The smallest absolute Gasteiger partial charge is 0.0635 e. The summed E-state index contributed by atoms with van der Waals surface area (Å²) >= 11 is 0. The maximum absolute atomic E-state index is 5.65. The van der Waals surface area contributed by atoms with Gasteiger partial charge in [0.1, 0.15) is 0 Å². The highest BCUT2D eigenvalue weighted by Crippen LogP contribution is 2.21. The summed E-state index contributed by atoms with van der Waals surface area (Å²) in [7, 11) is 0. The number of rotatable bonds is 8. The van der Waals surface area contributed by atoms with Gasteiger partial charge >= 0.3 is 0 Å². The van der Waals surface area contributed by atoms with Gasteiger partial charge in [-0.15, -0.1) is 0 Å². The van der Waals surface area contributed by atoms with Gasteiger partial charge in [0.2, 0.25) is 0 Å². The van der Waals surface area contributed by atoms with Crippen molar-refractivity contribution < 1.29 is 0 Å². The predicted molar refractivity (Wildman–Crippen MR) is 72.4 cm³/mol. The van der Waals surface area contributed by atoms with Crippen molar-refractivity contribution in [3.8, 4) is 0 Å². The van der Waals surface area contributed by atoms with Crippen molar-refractivity contribution in [3.05, 3.63) is 29.6 Å². The molecule has 1 aromatic rings. The minimum Gasteiger partial charge on any atom is -0.271 e. The molecule has 0 aliphatic rings. The maximum atomic E-state index is 5.65. The molecule has 96 valence electrons. The van der Waals surface area contributed by atoms with E-state index in [1.54, 1.807) is 0 Å². The quantitative estimate of drug-likeness (QED) is 0.413. The van der Waals surface area contributed by atoms with Gasteiger partial charge in [-0.25, -0.2) is 0 Å². The van der Waals surface area contributed by atoms with Crippen molar-refractivity contribution in [2.45, 2.75) is 58.4 Å². The largest absolute Gasteiger partial charge is 0.271 e. The molecule has 0 saturated heterocycles. The Hall–Kier alpha value is -0.930. The van der Waals surface area contributed by atoms with Gasteiger partial charge in [-0.2, -0.15) is 0 Å². The monoisotopic (exact) mass is 235 g/mol. The zero-order valence-electron chi connectivity index (χ0n) is 11.1. The summed E-state index contributed by atoms with van der Waals surface area (Å²) in [6.45, 7) is 4.39. The van der Waals surface area contributed by atoms with Crippen LogP contribution in [-0.2, 0) is 6.42 Å². The summed E-state index contributed by atoms with van der Waals surface area (Å²) in [6, 6.07) is 4.33. The predicted octanol–water partition coefficient (Wildman–Crippen LogP) is 3.12. The van der Waals surface area contributed by atoms with Gasteiger partial charge in [0.15, 0.2) is 0 Å². The molecule has 0 aliphatic heterocycles. The topological polar surface area (TPSA) is 50.9 Å². The summed E-state index contributed by atoms with van der Waals surface area (Å²) in [5.74, 6) is 5.65. The van der Waals surface area contributed by atoms with Gasteiger partial charge in [-0.1, -0.05) is 45.6 Å². The zero-order valence-corrected chi connectivity index (χ0v) is 11.1. The van der Waals surface area contributed by atoms with Crippen LogP contribution in [-0.4, -0.2) is 4.98 Å². The van der Waals surface area contributed by atoms with E-state index in [-0.39, 0.29) is 6.04 Å². The lowest BCUT2D eigenvalue weighted by atomic mass is 10.00. The Morgan fingerprint density at radius 2 is 2.12 bits per heavy atom. The third-order valence-electron chi connectivity index (χ3n) is 3.18. The molecule has 0 aliphatic carbocycles. The standard InChI is InChI=1S/C14H25N3/c1-3-5-6-7-10-13(17-15)14-12(4-2)9-8-11-16-14/h8-9,11,13,17H,3-7,10,15H2,1-2H3. The number of hydrogen-bond donors (Lipinski definition) is 2. The molecule has 0 bridgehead atoms. The lowest BCUT2D eigenvalue weighted by molar-refractivity contribution is 0.470. The molecule has 1 rings (SSSR count). The first-order valence-electron chi connectivity index (χ1n) is 6.73. The highest BCUT2D eigenvalue weighted by atomic mass is 15.2. The van der Waals surface area contributed by atoms with E-state index in [1.807, 2.05) is 12.3 Å². The van der Waals surface area contributed by atoms with Gasteiger partial charge in [-0.3, -0.25) is 16.3 Å². The second-order valence-corrected chi connectivity index (χ2v) is 4.47. The van der Waals surface area contributed by atoms with E-state index >= 15 is 0 Å². The van der Waals surface area contributed by atoms with E-state index in [4.69, 9.17) is 5.84 Å². The van der Waals surface area contributed by atoms with E-state index in [1.165, 1.54) is 31.2 Å². The Kier molecular flexibility index (Phi) is 6.82. The number of nitrogens with one attached hydrogen (secondary N) is 1. The fraction of sp³-hybridized carbons (Fsp3) is 0.643. The van der Waals surface area contributed by atoms with Crippen LogP contribution in [0.4, 0.5) is 0 Å². The number of hydrogen-bond acceptors (Lipinski definition) is 3. The first-order valence-corrected chi connectivity index (χ1v) is 6.73. The van der Waals surface area contributed by atoms with Crippen LogP contribution in [0.2, 0.25) is 0 Å². The number of pyridine rings is 1. The average molecular weight is 235 g/mol. The van der Waals surface area contributed by atoms with Crippen molar-refractivity contribution in [1.29, 1.82) is 0 Å². The fourth-order valence-corrected chi connectivity index (χ4v) is 2.14. The first-order chi connectivity index (χ1) is 8.33. The summed E-state index contributed by atoms with van der Waals surface area (Å²) < 4.78 is 0. The molecule has 1 aromatic heterocycles. The fourth-order valence-electron chi connectivity index (χ4n) is 2.14. The van der Waals surface area contributed by atoms with Crippen LogP contribution in [0.5, 0.6) is 0 Å². The van der Waals surface area contributed by atoms with Gasteiger partial charge in [-0.05, 0) is 24.5 Å². The highest BCUT2D eigenvalue weighted by Gasteiger charge is 2.13. The molecule has 0 aromatic carbocycles. The Labute approximate surface area is 105 Å². The van der Waals surface area contributed by atoms with Crippen LogP contribution in [0.3, 0.4) is 0 Å².